The van der Waals surface area contributed by atoms with Gasteiger partial charge in [-0.25, -0.2) is 0 Å². The molecule has 1 heterocycles. The molecule has 0 radical (unpaired) electrons. The van der Waals surface area contributed by atoms with Crippen LogP contribution in [0.5, 0.6) is 0 Å². The van der Waals surface area contributed by atoms with Crippen molar-refractivity contribution in [2.75, 3.05) is 13.2 Å². The van der Waals surface area contributed by atoms with Gasteiger partial charge in [0.15, 0.2) is 0 Å². The minimum Gasteiger partial charge on any atom is -0.465 e. The summed E-state index contributed by atoms with van der Waals surface area (Å²) >= 11 is 0. The summed E-state index contributed by atoms with van der Waals surface area (Å²) in [7, 11) is 0. The summed E-state index contributed by atoms with van der Waals surface area (Å²) < 4.78 is 4.93. The summed E-state index contributed by atoms with van der Waals surface area (Å²) in [6, 6.07) is -0.0614. The molecule has 1 saturated heterocycles. The van der Waals surface area contributed by atoms with Crippen LogP contribution in [0.25, 0.3) is 0 Å². The van der Waals surface area contributed by atoms with Crippen LogP contribution >= 0.6 is 0 Å². The largest absolute Gasteiger partial charge is 0.465 e. The molecule has 12 heavy (non-hydrogen) atoms. The van der Waals surface area contributed by atoms with Crippen molar-refractivity contribution >= 4 is 5.97 Å². The van der Waals surface area contributed by atoms with Gasteiger partial charge in [0.05, 0.1) is 6.61 Å². The summed E-state index contributed by atoms with van der Waals surface area (Å²) in [5.41, 5.74) is 0. The van der Waals surface area contributed by atoms with Crippen LogP contribution in [-0.2, 0) is 9.53 Å². The van der Waals surface area contributed by atoms with E-state index in [1.807, 2.05) is 6.92 Å². The van der Waals surface area contributed by atoms with Crippen molar-refractivity contribution in [2.45, 2.75) is 32.7 Å². The Labute approximate surface area is 73.5 Å². The molecule has 3 heteroatoms. The zero-order valence-corrected chi connectivity index (χ0v) is 7.80. The monoisotopic (exact) mass is 171 g/mol. The molecule has 1 rings (SSSR count). The van der Waals surface area contributed by atoms with Gasteiger partial charge >= 0.3 is 5.97 Å². The van der Waals surface area contributed by atoms with Crippen LogP contribution in [0, 0.1) is 5.92 Å². The lowest BCUT2D eigenvalue weighted by Gasteiger charge is -2.26. The van der Waals surface area contributed by atoms with E-state index in [9.17, 15) is 4.79 Å². The molecule has 0 aromatic heterocycles. The van der Waals surface area contributed by atoms with Crippen LogP contribution in [0.1, 0.15) is 26.7 Å². The summed E-state index contributed by atoms with van der Waals surface area (Å²) in [6.07, 6.45) is 2.08. The van der Waals surface area contributed by atoms with Crippen LogP contribution < -0.4 is 5.32 Å². The third-order valence-corrected chi connectivity index (χ3v) is 2.24. The van der Waals surface area contributed by atoms with Crippen LogP contribution in [0.2, 0.25) is 0 Å². The van der Waals surface area contributed by atoms with Gasteiger partial charge in [-0.2, -0.15) is 0 Å². The highest BCUT2D eigenvalue weighted by atomic mass is 16.5. The molecule has 0 aromatic rings. The van der Waals surface area contributed by atoms with Crippen molar-refractivity contribution < 1.29 is 9.53 Å². The normalized spacial score (nSPS) is 29.8. The Hall–Kier alpha value is -0.570. The molecule has 1 N–H and O–H groups in total. The van der Waals surface area contributed by atoms with E-state index in [0.717, 1.165) is 19.4 Å². The molecule has 0 spiro atoms. The number of hydrogen-bond donors (Lipinski definition) is 1. The van der Waals surface area contributed by atoms with E-state index in [1.165, 1.54) is 0 Å². The maximum atomic E-state index is 11.3. The minimum absolute atomic E-state index is 0.0614. The highest BCUT2D eigenvalue weighted by Crippen LogP contribution is 2.15. The van der Waals surface area contributed by atoms with Gasteiger partial charge in [0.1, 0.15) is 6.04 Å². The Balaban J connectivity index is 2.35. The topological polar surface area (TPSA) is 38.3 Å². The second-order valence-electron chi connectivity index (χ2n) is 3.39. The van der Waals surface area contributed by atoms with Crippen LogP contribution in [0.4, 0.5) is 0 Å². The zero-order chi connectivity index (χ0) is 8.97. The lowest BCUT2D eigenvalue weighted by molar-refractivity contribution is -0.146. The Morgan fingerprint density at radius 1 is 1.67 bits per heavy atom. The van der Waals surface area contributed by atoms with Crippen molar-refractivity contribution in [3.63, 3.8) is 0 Å². The van der Waals surface area contributed by atoms with Gasteiger partial charge < -0.3 is 10.1 Å². The van der Waals surface area contributed by atoms with Gasteiger partial charge in [0.2, 0.25) is 0 Å². The first-order chi connectivity index (χ1) is 5.74. The van der Waals surface area contributed by atoms with Gasteiger partial charge in [-0.3, -0.25) is 4.79 Å². The molecule has 1 unspecified atom stereocenters. The fourth-order valence-corrected chi connectivity index (χ4v) is 1.53. The Morgan fingerprint density at radius 3 is 3.00 bits per heavy atom. The summed E-state index contributed by atoms with van der Waals surface area (Å²) in [6.45, 7) is 5.42. The van der Waals surface area contributed by atoms with Crippen LogP contribution in [-0.4, -0.2) is 25.2 Å². The number of carbonyl (C=O) groups is 1. The number of carbonyl (C=O) groups excluding carboxylic acids is 1. The van der Waals surface area contributed by atoms with E-state index in [0.29, 0.717) is 12.5 Å². The molecule has 0 amide bonds. The molecule has 2 atom stereocenters. The van der Waals surface area contributed by atoms with Crippen molar-refractivity contribution in [2.24, 2.45) is 5.92 Å². The zero-order valence-electron chi connectivity index (χ0n) is 7.80. The highest BCUT2D eigenvalue weighted by molar-refractivity contribution is 5.75. The minimum atomic E-state index is -0.0935. The van der Waals surface area contributed by atoms with E-state index >= 15 is 0 Å². The lowest BCUT2D eigenvalue weighted by Crippen LogP contribution is -2.43. The van der Waals surface area contributed by atoms with Crippen LogP contribution in [0.3, 0.4) is 0 Å². The third-order valence-electron chi connectivity index (χ3n) is 2.24. The predicted molar refractivity (Wildman–Crippen MR) is 46.8 cm³/mol. The Kier molecular flexibility index (Phi) is 3.53. The lowest BCUT2D eigenvalue weighted by atomic mass is 9.94. The van der Waals surface area contributed by atoms with E-state index in [2.05, 4.69) is 12.2 Å². The standard InChI is InChI=1S/C9H17NO2/c1-3-12-9(11)8-6-7(2)4-5-10-8/h7-8,10H,3-6H2,1-2H3/t7?,8-/m1/s1. The van der Waals surface area contributed by atoms with Gasteiger partial charge in [0.25, 0.3) is 0 Å². The summed E-state index contributed by atoms with van der Waals surface area (Å²) in [5, 5.41) is 3.16. The Bertz CT molecular complexity index is 159. The van der Waals surface area contributed by atoms with Crippen molar-refractivity contribution in [1.82, 2.24) is 5.32 Å². The van der Waals surface area contributed by atoms with Gasteiger partial charge in [-0.05, 0) is 32.2 Å². The number of ether oxygens (including phenoxy) is 1. The van der Waals surface area contributed by atoms with Crippen LogP contribution in [0.15, 0.2) is 0 Å². The number of hydrogen-bond acceptors (Lipinski definition) is 3. The third kappa shape index (κ3) is 2.48. The average Bonchev–Trinajstić information content (AvgIpc) is 2.05. The first kappa shape index (κ1) is 9.52. The van der Waals surface area contributed by atoms with Gasteiger partial charge in [-0.1, -0.05) is 6.92 Å². The Morgan fingerprint density at radius 2 is 2.42 bits per heavy atom. The number of esters is 1. The summed E-state index contributed by atoms with van der Waals surface area (Å²) in [4.78, 5) is 11.3. The average molecular weight is 171 g/mol. The van der Waals surface area contributed by atoms with E-state index in [4.69, 9.17) is 4.74 Å². The van der Waals surface area contributed by atoms with E-state index < -0.39 is 0 Å². The molecular weight excluding hydrogens is 154 g/mol. The number of nitrogens with one attached hydrogen (secondary N) is 1. The SMILES string of the molecule is CCOC(=O)[C@H]1CC(C)CCN1. The highest BCUT2D eigenvalue weighted by Gasteiger charge is 2.25. The quantitative estimate of drug-likeness (QED) is 0.628. The van der Waals surface area contributed by atoms with Gasteiger partial charge in [-0.15, -0.1) is 0 Å². The maximum absolute atomic E-state index is 11.3. The summed E-state index contributed by atoms with van der Waals surface area (Å²) in [5.74, 6) is 0.546. The number of rotatable bonds is 2. The molecule has 1 fully saturated rings. The van der Waals surface area contributed by atoms with Gasteiger partial charge in [0, 0.05) is 0 Å². The van der Waals surface area contributed by atoms with Crippen molar-refractivity contribution in [3.8, 4) is 0 Å². The molecule has 1 aliphatic heterocycles. The van der Waals surface area contributed by atoms with Crippen molar-refractivity contribution in [3.05, 3.63) is 0 Å². The molecule has 3 nitrogen and oxygen atoms in total. The smallest absolute Gasteiger partial charge is 0.323 e. The fourth-order valence-electron chi connectivity index (χ4n) is 1.53. The van der Waals surface area contributed by atoms with E-state index in [-0.39, 0.29) is 12.0 Å². The number of piperidine rings is 1. The van der Waals surface area contributed by atoms with E-state index in [1.54, 1.807) is 0 Å². The first-order valence-electron chi connectivity index (χ1n) is 4.64. The second kappa shape index (κ2) is 4.45. The predicted octanol–water partition coefficient (Wildman–Crippen LogP) is 0.938. The van der Waals surface area contributed by atoms with Crippen molar-refractivity contribution in [1.29, 1.82) is 0 Å². The maximum Gasteiger partial charge on any atom is 0.323 e. The fraction of sp³-hybridized carbons (Fsp3) is 0.889. The molecule has 0 bridgehead atoms. The first-order valence-corrected chi connectivity index (χ1v) is 4.64. The second-order valence-corrected chi connectivity index (χ2v) is 3.39. The molecule has 0 aromatic carbocycles. The molecule has 70 valence electrons. The molecule has 0 aliphatic carbocycles. The molecule has 1 aliphatic rings. The molecular formula is C9H17NO2. The molecule has 0 saturated carbocycles.